The van der Waals surface area contributed by atoms with Crippen LogP contribution in [0.25, 0.3) is 0 Å². The minimum absolute atomic E-state index is 1.00. The van der Waals surface area contributed by atoms with E-state index >= 15 is 0 Å². The highest BCUT2D eigenvalue weighted by Crippen LogP contribution is 2.03. The largest absolute Gasteiger partial charge is 0.369 e. The van der Waals surface area contributed by atoms with E-state index in [-0.39, 0.29) is 0 Å². The average molecular weight is 181 g/mol. The molecule has 0 atom stereocenters. The number of unbranched alkanes of at least 4 members (excludes halogenated alkanes) is 1. The third-order valence-corrected chi connectivity index (χ3v) is 1.93. The molecule has 0 bridgehead atoms. The second-order valence-corrected chi connectivity index (χ2v) is 3.24. The molecule has 0 aliphatic carbocycles. The molecule has 0 aromatic carbocycles. The number of anilines is 1. The summed E-state index contributed by atoms with van der Waals surface area (Å²) in [5.41, 5.74) is 0. The van der Waals surface area contributed by atoms with Crippen LogP contribution < -0.4 is 5.32 Å². The van der Waals surface area contributed by atoms with Crippen molar-refractivity contribution < 1.29 is 0 Å². The van der Waals surface area contributed by atoms with Gasteiger partial charge in [0.15, 0.2) is 0 Å². The summed E-state index contributed by atoms with van der Waals surface area (Å²) in [6.07, 6.45) is 5.59. The average Bonchev–Trinajstić information content (AvgIpc) is 2.54. The molecule has 0 aliphatic heterocycles. The first-order valence-electron chi connectivity index (χ1n) is 5.14. The molecule has 3 heteroatoms. The summed E-state index contributed by atoms with van der Waals surface area (Å²) in [4.78, 5) is 0. The quantitative estimate of drug-likeness (QED) is 0.683. The maximum absolute atomic E-state index is 4.38. The van der Waals surface area contributed by atoms with Crippen LogP contribution in [0.2, 0.25) is 0 Å². The maximum atomic E-state index is 4.38. The Kier molecular flexibility index (Phi) is 4.36. The zero-order valence-corrected chi connectivity index (χ0v) is 8.58. The van der Waals surface area contributed by atoms with Crippen LogP contribution in [0.3, 0.4) is 0 Å². The van der Waals surface area contributed by atoms with Gasteiger partial charge in [0, 0.05) is 25.4 Å². The fourth-order valence-electron chi connectivity index (χ4n) is 1.20. The number of nitrogens with zero attached hydrogens (tertiary/aromatic N) is 2. The second-order valence-electron chi connectivity index (χ2n) is 3.24. The van der Waals surface area contributed by atoms with E-state index in [0.29, 0.717) is 0 Å². The highest BCUT2D eigenvalue weighted by molar-refractivity contribution is 5.31. The standard InChI is InChI=1S/C10H19N3/c1-3-5-7-11-10-6-9-13(12-10)8-4-2/h6,9H,3-5,7-8H2,1-2H3,(H,11,12). The number of aromatic nitrogens is 2. The number of nitrogens with one attached hydrogen (secondary N) is 1. The van der Waals surface area contributed by atoms with Crippen molar-refractivity contribution in [1.82, 2.24) is 9.78 Å². The van der Waals surface area contributed by atoms with Gasteiger partial charge in [-0.1, -0.05) is 20.3 Å². The number of hydrogen-bond donors (Lipinski definition) is 1. The number of aryl methyl sites for hydroxylation is 1. The van der Waals surface area contributed by atoms with Crippen LogP contribution in [0.15, 0.2) is 12.3 Å². The van der Waals surface area contributed by atoms with Gasteiger partial charge in [0.05, 0.1) is 0 Å². The highest BCUT2D eigenvalue weighted by atomic mass is 15.3. The molecule has 74 valence electrons. The van der Waals surface area contributed by atoms with Gasteiger partial charge in [-0.3, -0.25) is 4.68 Å². The van der Waals surface area contributed by atoms with Crippen molar-refractivity contribution in [1.29, 1.82) is 0 Å². The van der Waals surface area contributed by atoms with Crippen molar-refractivity contribution in [3.05, 3.63) is 12.3 Å². The zero-order valence-electron chi connectivity index (χ0n) is 8.58. The molecule has 1 aromatic rings. The Labute approximate surface area is 80.1 Å². The monoisotopic (exact) mass is 181 g/mol. The number of rotatable bonds is 6. The topological polar surface area (TPSA) is 29.9 Å². The van der Waals surface area contributed by atoms with Crippen molar-refractivity contribution >= 4 is 5.82 Å². The van der Waals surface area contributed by atoms with Gasteiger partial charge in [0.2, 0.25) is 0 Å². The van der Waals surface area contributed by atoms with Gasteiger partial charge in [-0.15, -0.1) is 0 Å². The lowest BCUT2D eigenvalue weighted by Gasteiger charge is -2.00. The molecule has 0 saturated carbocycles. The molecule has 0 spiro atoms. The van der Waals surface area contributed by atoms with E-state index in [9.17, 15) is 0 Å². The third kappa shape index (κ3) is 3.49. The summed E-state index contributed by atoms with van der Waals surface area (Å²) in [6.45, 7) is 6.39. The Morgan fingerprint density at radius 1 is 1.38 bits per heavy atom. The lowest BCUT2D eigenvalue weighted by Crippen LogP contribution is -2.03. The molecule has 0 unspecified atom stereocenters. The van der Waals surface area contributed by atoms with Crippen LogP contribution in [0, 0.1) is 0 Å². The van der Waals surface area contributed by atoms with Crippen molar-refractivity contribution in [2.75, 3.05) is 11.9 Å². The molecule has 13 heavy (non-hydrogen) atoms. The van der Waals surface area contributed by atoms with Crippen molar-refractivity contribution in [2.45, 2.75) is 39.7 Å². The normalized spacial score (nSPS) is 10.3. The first kappa shape index (κ1) is 10.1. The van der Waals surface area contributed by atoms with Gasteiger partial charge in [-0.25, -0.2) is 0 Å². The summed E-state index contributed by atoms with van der Waals surface area (Å²) in [5, 5.41) is 7.67. The third-order valence-electron chi connectivity index (χ3n) is 1.93. The molecule has 3 nitrogen and oxygen atoms in total. The Hall–Kier alpha value is -0.990. The molecule has 1 N–H and O–H groups in total. The van der Waals surface area contributed by atoms with E-state index in [0.717, 1.165) is 25.3 Å². The molecule has 1 heterocycles. The Morgan fingerprint density at radius 2 is 2.23 bits per heavy atom. The van der Waals surface area contributed by atoms with Gasteiger partial charge in [-0.2, -0.15) is 5.10 Å². The molecule has 0 amide bonds. The molecule has 0 fully saturated rings. The van der Waals surface area contributed by atoms with Gasteiger partial charge in [0.1, 0.15) is 5.82 Å². The van der Waals surface area contributed by atoms with Crippen LogP contribution in [-0.2, 0) is 6.54 Å². The molecule has 0 radical (unpaired) electrons. The van der Waals surface area contributed by atoms with E-state index in [1.165, 1.54) is 12.8 Å². The highest BCUT2D eigenvalue weighted by Gasteiger charge is 1.95. The Balaban J connectivity index is 2.31. The molecule has 0 aliphatic rings. The van der Waals surface area contributed by atoms with Gasteiger partial charge >= 0.3 is 0 Å². The first-order chi connectivity index (χ1) is 6.36. The first-order valence-corrected chi connectivity index (χ1v) is 5.14. The smallest absolute Gasteiger partial charge is 0.147 e. The predicted octanol–water partition coefficient (Wildman–Crippen LogP) is 2.51. The summed E-state index contributed by atoms with van der Waals surface area (Å²) in [6, 6.07) is 2.03. The molecule has 0 saturated heterocycles. The van der Waals surface area contributed by atoms with Crippen LogP contribution >= 0.6 is 0 Å². The van der Waals surface area contributed by atoms with Crippen LogP contribution in [0.4, 0.5) is 5.82 Å². The van der Waals surface area contributed by atoms with E-state index in [4.69, 9.17) is 0 Å². The van der Waals surface area contributed by atoms with E-state index < -0.39 is 0 Å². The van der Waals surface area contributed by atoms with Crippen LogP contribution in [0.1, 0.15) is 33.1 Å². The minimum atomic E-state index is 1.00. The summed E-state index contributed by atoms with van der Waals surface area (Å²) in [5.74, 6) is 1.00. The second kappa shape index (κ2) is 5.62. The van der Waals surface area contributed by atoms with Crippen LogP contribution in [-0.4, -0.2) is 16.3 Å². The summed E-state index contributed by atoms with van der Waals surface area (Å²) in [7, 11) is 0. The van der Waals surface area contributed by atoms with E-state index in [1.54, 1.807) is 0 Å². The Bertz CT molecular complexity index is 230. The number of hydrogen-bond acceptors (Lipinski definition) is 2. The maximum Gasteiger partial charge on any atom is 0.147 e. The molecule has 1 rings (SSSR count). The zero-order chi connectivity index (χ0) is 9.52. The lowest BCUT2D eigenvalue weighted by atomic mass is 10.3. The molecule has 1 aromatic heterocycles. The van der Waals surface area contributed by atoms with Gasteiger partial charge in [0.25, 0.3) is 0 Å². The molecular formula is C10H19N3. The minimum Gasteiger partial charge on any atom is -0.369 e. The van der Waals surface area contributed by atoms with E-state index in [2.05, 4.69) is 24.3 Å². The van der Waals surface area contributed by atoms with E-state index in [1.807, 2.05) is 16.9 Å². The SMILES string of the molecule is CCCCNc1ccn(CCC)n1. The summed E-state index contributed by atoms with van der Waals surface area (Å²) >= 11 is 0. The van der Waals surface area contributed by atoms with Gasteiger partial charge < -0.3 is 5.32 Å². The fourth-order valence-corrected chi connectivity index (χ4v) is 1.20. The Morgan fingerprint density at radius 3 is 2.92 bits per heavy atom. The van der Waals surface area contributed by atoms with Gasteiger partial charge in [-0.05, 0) is 12.8 Å². The van der Waals surface area contributed by atoms with Crippen molar-refractivity contribution in [3.8, 4) is 0 Å². The van der Waals surface area contributed by atoms with Crippen molar-refractivity contribution in [2.24, 2.45) is 0 Å². The van der Waals surface area contributed by atoms with Crippen molar-refractivity contribution in [3.63, 3.8) is 0 Å². The fraction of sp³-hybridized carbons (Fsp3) is 0.700. The summed E-state index contributed by atoms with van der Waals surface area (Å²) < 4.78 is 1.98. The molecular weight excluding hydrogens is 162 g/mol. The predicted molar refractivity (Wildman–Crippen MR) is 55.9 cm³/mol. The van der Waals surface area contributed by atoms with Crippen LogP contribution in [0.5, 0.6) is 0 Å². The lowest BCUT2D eigenvalue weighted by molar-refractivity contribution is 0.604.